The van der Waals surface area contributed by atoms with Crippen LogP contribution in [0.5, 0.6) is 0 Å². The van der Waals surface area contributed by atoms with Gasteiger partial charge in [-0.25, -0.2) is 5.01 Å². The largest absolute Gasteiger partial charge is 0.384 e. The summed E-state index contributed by atoms with van der Waals surface area (Å²) in [5, 5.41) is 1.96. The number of nitrogens with zero attached hydrogens (tertiary/aromatic N) is 1. The predicted octanol–water partition coefficient (Wildman–Crippen LogP) is 0.609. The normalized spacial score (nSPS) is 42.0. The van der Waals surface area contributed by atoms with Crippen molar-refractivity contribution >= 4 is 0 Å². The van der Waals surface area contributed by atoms with Gasteiger partial charge in [0.2, 0.25) is 0 Å². The van der Waals surface area contributed by atoms with E-state index in [2.05, 4.69) is 0 Å². The number of nitrogens with two attached hydrogens (primary N) is 1. The van der Waals surface area contributed by atoms with Gasteiger partial charge in [-0.15, -0.1) is 0 Å². The smallest absolute Gasteiger partial charge is 0.0534 e. The topological polar surface area (TPSA) is 38.5 Å². The molecule has 0 unspecified atom stereocenters. The van der Waals surface area contributed by atoms with Crippen LogP contribution in [-0.4, -0.2) is 31.8 Å². The van der Waals surface area contributed by atoms with E-state index in [0.29, 0.717) is 5.41 Å². The van der Waals surface area contributed by atoms with Gasteiger partial charge in [0.05, 0.1) is 6.61 Å². The van der Waals surface area contributed by atoms with E-state index in [9.17, 15) is 0 Å². The molecule has 1 saturated heterocycles. The summed E-state index contributed by atoms with van der Waals surface area (Å²) in [5.74, 6) is 6.61. The van der Waals surface area contributed by atoms with E-state index in [1.807, 2.05) is 5.01 Å². The first kappa shape index (κ1) is 8.48. The summed E-state index contributed by atoms with van der Waals surface area (Å²) in [6, 6.07) is 0. The van der Waals surface area contributed by atoms with Crippen molar-refractivity contribution in [3.8, 4) is 0 Å². The van der Waals surface area contributed by atoms with Gasteiger partial charge in [-0.05, 0) is 18.8 Å². The molecule has 1 aliphatic heterocycles. The number of hydrogen-bond donors (Lipinski definition) is 1. The van der Waals surface area contributed by atoms with Gasteiger partial charge in [0.25, 0.3) is 0 Å². The minimum absolute atomic E-state index is 0.406. The zero-order valence-electron chi connectivity index (χ0n) is 7.75. The van der Waals surface area contributed by atoms with E-state index in [1.54, 1.807) is 7.11 Å². The van der Waals surface area contributed by atoms with Crippen molar-refractivity contribution in [3.63, 3.8) is 0 Å². The number of fused-ring (bicyclic) bond motifs is 1. The average molecular weight is 170 g/mol. The Morgan fingerprint density at radius 1 is 1.67 bits per heavy atom. The number of methoxy groups -OCH3 is 1. The highest BCUT2D eigenvalue weighted by Gasteiger charge is 2.48. The highest BCUT2D eigenvalue weighted by molar-refractivity contribution is 4.99. The molecule has 3 heteroatoms. The minimum atomic E-state index is 0.406. The quantitative estimate of drug-likeness (QED) is 0.617. The van der Waals surface area contributed by atoms with Crippen molar-refractivity contribution in [3.05, 3.63) is 0 Å². The van der Waals surface area contributed by atoms with Gasteiger partial charge < -0.3 is 4.74 Å². The maximum atomic E-state index is 5.82. The highest BCUT2D eigenvalue weighted by atomic mass is 16.5. The maximum Gasteiger partial charge on any atom is 0.0534 e. The monoisotopic (exact) mass is 170 g/mol. The van der Waals surface area contributed by atoms with Crippen LogP contribution in [0.3, 0.4) is 0 Å². The molecule has 0 bridgehead atoms. The zero-order valence-corrected chi connectivity index (χ0v) is 7.75. The van der Waals surface area contributed by atoms with Crippen LogP contribution >= 0.6 is 0 Å². The third kappa shape index (κ3) is 1.16. The zero-order chi connectivity index (χ0) is 8.60. The molecule has 2 aliphatic rings. The first-order valence-corrected chi connectivity index (χ1v) is 4.75. The molecule has 0 spiro atoms. The van der Waals surface area contributed by atoms with Crippen molar-refractivity contribution in [1.29, 1.82) is 0 Å². The molecule has 2 atom stereocenters. The summed E-state index contributed by atoms with van der Waals surface area (Å²) >= 11 is 0. The Bertz CT molecular complexity index is 174. The molecule has 0 radical (unpaired) electrons. The second kappa shape index (κ2) is 2.98. The summed E-state index contributed by atoms with van der Waals surface area (Å²) in [6.07, 6.45) is 4.01. The number of ether oxygens (including phenoxy) is 1. The summed E-state index contributed by atoms with van der Waals surface area (Å²) in [6.45, 7) is 3.00. The molecule has 3 nitrogen and oxygen atoms in total. The summed E-state index contributed by atoms with van der Waals surface area (Å²) in [4.78, 5) is 0. The van der Waals surface area contributed by atoms with E-state index in [1.165, 1.54) is 19.3 Å². The lowest BCUT2D eigenvalue weighted by atomic mass is 9.82. The molecule has 1 aliphatic carbocycles. The fourth-order valence-corrected chi connectivity index (χ4v) is 2.98. The minimum Gasteiger partial charge on any atom is -0.384 e. The molecule has 1 saturated carbocycles. The molecular weight excluding hydrogens is 152 g/mol. The van der Waals surface area contributed by atoms with Gasteiger partial charge >= 0.3 is 0 Å². The van der Waals surface area contributed by atoms with Crippen molar-refractivity contribution in [2.45, 2.75) is 19.3 Å². The molecule has 2 fully saturated rings. The lowest BCUT2D eigenvalue weighted by Gasteiger charge is -2.27. The van der Waals surface area contributed by atoms with Gasteiger partial charge in [-0.3, -0.25) is 5.84 Å². The third-order valence-corrected chi connectivity index (χ3v) is 3.50. The SMILES string of the molecule is COC[C@]12CCC[C@H]1CN(N)C2. The Labute approximate surface area is 73.8 Å². The van der Waals surface area contributed by atoms with Crippen molar-refractivity contribution in [2.24, 2.45) is 17.2 Å². The van der Waals surface area contributed by atoms with Crippen LogP contribution in [0, 0.1) is 11.3 Å². The Balaban J connectivity index is 2.09. The van der Waals surface area contributed by atoms with E-state index in [4.69, 9.17) is 10.6 Å². The van der Waals surface area contributed by atoms with Crippen LogP contribution in [0.2, 0.25) is 0 Å². The molecule has 0 amide bonds. The Kier molecular flexibility index (Phi) is 2.10. The van der Waals surface area contributed by atoms with Crippen LogP contribution in [-0.2, 0) is 4.74 Å². The van der Waals surface area contributed by atoms with E-state index in [-0.39, 0.29) is 0 Å². The maximum absolute atomic E-state index is 5.82. The molecule has 2 rings (SSSR count). The van der Waals surface area contributed by atoms with Crippen molar-refractivity contribution in [1.82, 2.24) is 5.01 Å². The fourth-order valence-electron chi connectivity index (χ4n) is 2.98. The molecule has 2 N–H and O–H groups in total. The summed E-state index contributed by atoms with van der Waals surface area (Å²) in [7, 11) is 1.79. The third-order valence-electron chi connectivity index (χ3n) is 3.50. The summed E-state index contributed by atoms with van der Waals surface area (Å²) in [5.41, 5.74) is 0.406. The number of hydrogen-bond acceptors (Lipinski definition) is 3. The number of rotatable bonds is 2. The molecule has 0 aromatic carbocycles. The second-order valence-electron chi connectivity index (χ2n) is 4.31. The molecule has 12 heavy (non-hydrogen) atoms. The van der Waals surface area contributed by atoms with Crippen molar-refractivity contribution in [2.75, 3.05) is 26.8 Å². The molecular formula is C9H18N2O. The molecule has 0 aromatic heterocycles. The average Bonchev–Trinajstić information content (AvgIpc) is 2.44. The van der Waals surface area contributed by atoms with E-state index in [0.717, 1.165) is 25.6 Å². The van der Waals surface area contributed by atoms with Crippen LogP contribution in [0.4, 0.5) is 0 Å². The molecule has 70 valence electrons. The fraction of sp³-hybridized carbons (Fsp3) is 1.00. The van der Waals surface area contributed by atoms with Crippen LogP contribution in [0.1, 0.15) is 19.3 Å². The Morgan fingerprint density at radius 2 is 2.50 bits per heavy atom. The van der Waals surface area contributed by atoms with Crippen molar-refractivity contribution < 1.29 is 4.74 Å². The van der Waals surface area contributed by atoms with Gasteiger partial charge in [0.15, 0.2) is 0 Å². The van der Waals surface area contributed by atoms with Gasteiger partial charge in [0, 0.05) is 25.6 Å². The standard InChI is InChI=1S/C9H18N2O/c1-12-7-9-4-2-3-8(9)5-11(10)6-9/h8H,2-7,10H2,1H3/t8-,9+/m0/s1. The molecule has 0 aromatic rings. The van der Waals surface area contributed by atoms with E-state index < -0.39 is 0 Å². The highest BCUT2D eigenvalue weighted by Crippen LogP contribution is 2.47. The van der Waals surface area contributed by atoms with Crippen LogP contribution < -0.4 is 5.84 Å². The number of hydrazine groups is 1. The summed E-state index contributed by atoms with van der Waals surface area (Å²) < 4.78 is 5.30. The lowest BCUT2D eigenvalue weighted by Crippen LogP contribution is -2.34. The first-order chi connectivity index (χ1) is 5.77. The van der Waals surface area contributed by atoms with Gasteiger partial charge in [0.1, 0.15) is 0 Å². The van der Waals surface area contributed by atoms with E-state index >= 15 is 0 Å². The Morgan fingerprint density at radius 3 is 3.25 bits per heavy atom. The van der Waals surface area contributed by atoms with Gasteiger partial charge in [-0.1, -0.05) is 6.42 Å². The Hall–Kier alpha value is -0.120. The van der Waals surface area contributed by atoms with Crippen LogP contribution in [0.25, 0.3) is 0 Å². The van der Waals surface area contributed by atoms with Gasteiger partial charge in [-0.2, -0.15) is 0 Å². The molecule has 1 heterocycles. The van der Waals surface area contributed by atoms with Crippen LogP contribution in [0.15, 0.2) is 0 Å². The predicted molar refractivity (Wildman–Crippen MR) is 47.4 cm³/mol. The lowest BCUT2D eigenvalue weighted by molar-refractivity contribution is 0.0704. The second-order valence-corrected chi connectivity index (χ2v) is 4.31. The first-order valence-electron chi connectivity index (χ1n) is 4.75.